The molecule has 0 spiro atoms. The van der Waals surface area contributed by atoms with Crippen molar-refractivity contribution in [3.05, 3.63) is 11.3 Å². The van der Waals surface area contributed by atoms with Crippen LogP contribution in [0.15, 0.2) is 4.52 Å². The highest BCUT2D eigenvalue weighted by atomic mass is 16.5. The summed E-state index contributed by atoms with van der Waals surface area (Å²) in [5.41, 5.74) is 1.35. The highest BCUT2D eigenvalue weighted by molar-refractivity contribution is 5.46. The molecule has 0 radical (unpaired) electrons. The summed E-state index contributed by atoms with van der Waals surface area (Å²) in [5, 5.41) is 7.62. The average Bonchev–Trinajstić information content (AvgIpc) is 3.06. The lowest BCUT2D eigenvalue weighted by Crippen LogP contribution is -2.13. The van der Waals surface area contributed by atoms with Gasteiger partial charge in [-0.15, -0.1) is 0 Å². The molecule has 0 amide bonds. The Kier molecular flexibility index (Phi) is 2.62. The maximum Gasteiger partial charge on any atom is 0.172 e. The Labute approximate surface area is 96.6 Å². The van der Waals surface area contributed by atoms with Gasteiger partial charge >= 0.3 is 0 Å². The lowest BCUT2D eigenvalue weighted by molar-refractivity contribution is 0.333. The van der Waals surface area contributed by atoms with Crippen LogP contribution in [0, 0.1) is 11.8 Å². The molecule has 0 aliphatic heterocycles. The van der Waals surface area contributed by atoms with Crippen molar-refractivity contribution in [2.75, 3.05) is 11.9 Å². The molecule has 0 saturated heterocycles. The normalized spacial score (nSPS) is 24.2. The molecule has 0 bridgehead atoms. The van der Waals surface area contributed by atoms with Gasteiger partial charge in [0.25, 0.3) is 0 Å². The molecule has 88 valence electrons. The fourth-order valence-corrected chi connectivity index (χ4v) is 2.52. The van der Waals surface area contributed by atoms with Crippen LogP contribution in [0.3, 0.4) is 0 Å². The average molecular weight is 220 g/mol. The van der Waals surface area contributed by atoms with E-state index in [1.165, 1.54) is 31.2 Å². The van der Waals surface area contributed by atoms with Crippen LogP contribution >= 0.6 is 0 Å². The molecule has 1 aromatic rings. The fraction of sp³-hybridized carbons (Fsp3) is 0.769. The molecule has 1 fully saturated rings. The first kappa shape index (κ1) is 10.2. The van der Waals surface area contributed by atoms with E-state index in [4.69, 9.17) is 4.52 Å². The van der Waals surface area contributed by atoms with Gasteiger partial charge in [0.1, 0.15) is 5.76 Å². The lowest BCUT2D eigenvalue weighted by Gasteiger charge is -2.19. The summed E-state index contributed by atoms with van der Waals surface area (Å²) in [6.07, 6.45) is 7.54. The van der Waals surface area contributed by atoms with Gasteiger partial charge in [0.2, 0.25) is 0 Å². The summed E-state index contributed by atoms with van der Waals surface area (Å²) >= 11 is 0. The second kappa shape index (κ2) is 4.11. The zero-order chi connectivity index (χ0) is 11.0. The van der Waals surface area contributed by atoms with E-state index in [1.807, 2.05) is 0 Å². The van der Waals surface area contributed by atoms with Crippen molar-refractivity contribution >= 4 is 5.82 Å². The van der Waals surface area contributed by atoms with Crippen molar-refractivity contribution in [1.29, 1.82) is 0 Å². The van der Waals surface area contributed by atoms with Crippen molar-refractivity contribution in [2.24, 2.45) is 11.8 Å². The fourth-order valence-electron chi connectivity index (χ4n) is 2.52. The van der Waals surface area contributed by atoms with Gasteiger partial charge in [0, 0.05) is 18.5 Å². The molecule has 1 saturated carbocycles. The highest BCUT2D eigenvalue weighted by Gasteiger charge is 2.26. The van der Waals surface area contributed by atoms with Crippen molar-refractivity contribution in [1.82, 2.24) is 5.16 Å². The van der Waals surface area contributed by atoms with Gasteiger partial charge in [0.15, 0.2) is 5.82 Å². The first-order chi connectivity index (χ1) is 7.86. The molecular formula is C13H20N2O. The molecule has 1 N–H and O–H groups in total. The van der Waals surface area contributed by atoms with Gasteiger partial charge < -0.3 is 9.84 Å². The summed E-state index contributed by atoms with van der Waals surface area (Å²) in [6.45, 7) is 3.34. The number of rotatable bonds is 4. The monoisotopic (exact) mass is 220 g/mol. The van der Waals surface area contributed by atoms with Crippen molar-refractivity contribution < 1.29 is 4.52 Å². The topological polar surface area (TPSA) is 38.1 Å². The number of fused-ring (bicyclic) bond motifs is 1. The third-order valence-electron chi connectivity index (χ3n) is 3.98. The van der Waals surface area contributed by atoms with Crippen LogP contribution in [-0.2, 0) is 12.8 Å². The predicted octanol–water partition coefficient (Wildman–Crippen LogP) is 3.01. The molecule has 3 nitrogen and oxygen atoms in total. The summed E-state index contributed by atoms with van der Waals surface area (Å²) in [5.74, 6) is 3.85. The van der Waals surface area contributed by atoms with Crippen LogP contribution in [0.4, 0.5) is 5.82 Å². The number of hydrogen-bond acceptors (Lipinski definition) is 3. The number of anilines is 1. The molecule has 1 atom stereocenters. The zero-order valence-electron chi connectivity index (χ0n) is 9.96. The number of nitrogens with zero attached hydrogens (tertiary/aromatic N) is 1. The van der Waals surface area contributed by atoms with Gasteiger partial charge in [-0.1, -0.05) is 18.5 Å². The third kappa shape index (κ3) is 1.95. The molecule has 3 rings (SSSR count). The van der Waals surface area contributed by atoms with Crippen LogP contribution in [-0.4, -0.2) is 11.7 Å². The Morgan fingerprint density at radius 2 is 2.19 bits per heavy atom. The van der Waals surface area contributed by atoms with Gasteiger partial charge in [-0.3, -0.25) is 0 Å². The minimum atomic E-state index is 0.803. The Morgan fingerprint density at radius 1 is 1.31 bits per heavy atom. The molecule has 3 heteroatoms. The van der Waals surface area contributed by atoms with Crippen LogP contribution in [0.5, 0.6) is 0 Å². The summed E-state index contributed by atoms with van der Waals surface area (Å²) < 4.78 is 5.46. The van der Waals surface area contributed by atoms with E-state index in [2.05, 4.69) is 17.4 Å². The minimum Gasteiger partial charge on any atom is -0.367 e. The standard InChI is InChI=1S/C13H20N2O/c1-2-9-5-6-11-12(7-9)16-15-13(11)14-8-10-3-4-10/h9-10H,2-8H2,1H3,(H,14,15). The molecule has 16 heavy (non-hydrogen) atoms. The molecule has 2 aliphatic rings. The van der Waals surface area contributed by atoms with Crippen LogP contribution < -0.4 is 5.32 Å². The Balaban J connectivity index is 1.68. The van der Waals surface area contributed by atoms with Crippen LogP contribution in [0.1, 0.15) is 43.9 Å². The van der Waals surface area contributed by atoms with Gasteiger partial charge in [0.05, 0.1) is 0 Å². The van der Waals surface area contributed by atoms with E-state index in [-0.39, 0.29) is 0 Å². The maximum absolute atomic E-state index is 5.46. The Hall–Kier alpha value is -0.990. The third-order valence-corrected chi connectivity index (χ3v) is 3.98. The minimum absolute atomic E-state index is 0.803. The maximum atomic E-state index is 5.46. The van der Waals surface area contributed by atoms with E-state index in [9.17, 15) is 0 Å². The number of hydrogen-bond donors (Lipinski definition) is 1. The van der Waals surface area contributed by atoms with Crippen LogP contribution in [0.2, 0.25) is 0 Å². The zero-order valence-corrected chi connectivity index (χ0v) is 9.96. The van der Waals surface area contributed by atoms with E-state index in [0.29, 0.717) is 0 Å². The molecule has 2 aliphatic carbocycles. The molecular weight excluding hydrogens is 200 g/mol. The number of nitrogens with one attached hydrogen (secondary N) is 1. The second-order valence-corrected chi connectivity index (χ2v) is 5.27. The summed E-state index contributed by atoms with van der Waals surface area (Å²) in [7, 11) is 0. The highest BCUT2D eigenvalue weighted by Crippen LogP contribution is 2.33. The summed E-state index contributed by atoms with van der Waals surface area (Å²) in [6, 6.07) is 0. The second-order valence-electron chi connectivity index (χ2n) is 5.27. The molecule has 1 unspecified atom stereocenters. The lowest BCUT2D eigenvalue weighted by atomic mass is 9.86. The summed E-state index contributed by atoms with van der Waals surface area (Å²) in [4.78, 5) is 0. The SMILES string of the molecule is CCC1CCc2c(NCC3CC3)noc2C1. The van der Waals surface area contributed by atoms with E-state index in [0.717, 1.165) is 42.8 Å². The smallest absolute Gasteiger partial charge is 0.172 e. The quantitative estimate of drug-likeness (QED) is 0.847. The molecule has 1 aromatic heterocycles. The Morgan fingerprint density at radius 3 is 2.94 bits per heavy atom. The van der Waals surface area contributed by atoms with Gasteiger partial charge in [-0.25, -0.2) is 0 Å². The van der Waals surface area contributed by atoms with Gasteiger partial charge in [-0.05, 0) is 37.5 Å². The van der Waals surface area contributed by atoms with Crippen molar-refractivity contribution in [3.63, 3.8) is 0 Å². The largest absolute Gasteiger partial charge is 0.367 e. The molecule has 0 aromatic carbocycles. The first-order valence-electron chi connectivity index (χ1n) is 6.58. The van der Waals surface area contributed by atoms with E-state index in [1.54, 1.807) is 0 Å². The van der Waals surface area contributed by atoms with Crippen LogP contribution in [0.25, 0.3) is 0 Å². The van der Waals surface area contributed by atoms with Crippen molar-refractivity contribution in [3.8, 4) is 0 Å². The molecule has 1 heterocycles. The van der Waals surface area contributed by atoms with E-state index >= 15 is 0 Å². The Bertz CT molecular complexity index is 368. The number of aromatic nitrogens is 1. The van der Waals surface area contributed by atoms with Crippen molar-refractivity contribution in [2.45, 2.75) is 45.4 Å². The van der Waals surface area contributed by atoms with E-state index < -0.39 is 0 Å². The predicted molar refractivity (Wildman–Crippen MR) is 63.5 cm³/mol. The first-order valence-corrected chi connectivity index (χ1v) is 6.58. The van der Waals surface area contributed by atoms with Gasteiger partial charge in [-0.2, -0.15) is 0 Å².